The Kier molecular flexibility index (Phi) is 14.3. The molecule has 7 aromatic heterocycles. The number of aryl methyl sites for hydroxylation is 5. The molecule has 9 aromatic rings. The van der Waals surface area contributed by atoms with Crippen LogP contribution >= 0.6 is 11.6 Å². The van der Waals surface area contributed by atoms with Crippen LogP contribution in [0.2, 0.25) is 5.02 Å². The predicted molar refractivity (Wildman–Crippen MR) is 299 cm³/mol. The van der Waals surface area contributed by atoms with E-state index in [-0.39, 0.29) is 5.91 Å². The summed E-state index contributed by atoms with van der Waals surface area (Å²) < 4.78 is 12.4. The number of hydrogen-bond donors (Lipinski definition) is 4. The smallest absolute Gasteiger partial charge is 0.219 e. The van der Waals surface area contributed by atoms with Crippen LogP contribution in [0.1, 0.15) is 54.9 Å². The van der Waals surface area contributed by atoms with Crippen molar-refractivity contribution in [3.05, 3.63) is 180 Å². The number of aromatic amines is 2. The Hall–Kier alpha value is -8.48. The van der Waals surface area contributed by atoms with E-state index in [9.17, 15) is 4.79 Å². The number of pyridine rings is 4. The number of benzene rings is 2. The molecule has 374 valence electrons. The lowest BCUT2D eigenvalue weighted by molar-refractivity contribution is -0.671. The second-order valence-electron chi connectivity index (χ2n) is 19.4. The van der Waals surface area contributed by atoms with Gasteiger partial charge in [0.05, 0.1) is 34.9 Å². The molecule has 0 radical (unpaired) electrons. The first-order chi connectivity index (χ1) is 36.7. The lowest BCUT2D eigenvalue weighted by Crippen LogP contribution is -2.25. The normalized spacial score (nSPS) is 12.1. The highest BCUT2D eigenvalue weighted by molar-refractivity contribution is 6.31. The fourth-order valence-corrected chi connectivity index (χ4v) is 10.3. The van der Waals surface area contributed by atoms with E-state index in [2.05, 4.69) is 157 Å². The molecule has 0 saturated carbocycles. The number of unbranched alkanes of at least 4 members (excludes halogenated alkanes) is 2. The number of H-pyrrole nitrogens is 2. The molecule has 2 aliphatic rings. The maximum atomic E-state index is 12.7. The Balaban J connectivity index is 0.860. The van der Waals surface area contributed by atoms with Crippen molar-refractivity contribution in [2.24, 2.45) is 21.1 Å². The van der Waals surface area contributed by atoms with Crippen LogP contribution in [-0.4, -0.2) is 50.5 Å². The molecule has 2 aliphatic heterocycles. The quantitative estimate of drug-likeness (QED) is 0.0563. The number of carbonyl (C=O) groups excluding carboxylic acids is 1. The molecule has 0 unspecified atom stereocenters. The zero-order valence-electron chi connectivity index (χ0n) is 42.5. The summed E-state index contributed by atoms with van der Waals surface area (Å²) in [4.78, 5) is 35.9. The Morgan fingerprint density at radius 3 is 1.68 bits per heavy atom. The largest absolute Gasteiger partial charge is 0.494 e. The van der Waals surface area contributed by atoms with Crippen molar-refractivity contribution in [2.45, 2.75) is 44.9 Å². The van der Waals surface area contributed by atoms with Crippen LogP contribution in [0.15, 0.2) is 153 Å². The molecule has 9 heterocycles. The maximum Gasteiger partial charge on any atom is 0.219 e. The standard InChI is InChI=1S/C62H58ClN10O2/c1-71-33-24-42(25-34-71)60-51-17-15-49(67-51)59(41-9-12-46(13-10-41)75-39-7-4-8-58(74)66-31-6-5-30-64-48-23-32-65-57-40-45(63)11-14-47(48)57)50-16-18-52(68-50)61(43-26-35-72(2)36-27-43)54-20-22-56(70-54)62(55-21-19-53(60)69-55)44-28-37-73(3)38-29-44/h9-15,17,19-29,32-38,40H,4-8,16,18,30-31,39H2,1-3H3,(H2-,64,65,66,67,69,70,74)/q+1/p+2. The zero-order chi connectivity index (χ0) is 51.3. The Labute approximate surface area is 441 Å². The molecule has 0 fully saturated rings. The summed E-state index contributed by atoms with van der Waals surface area (Å²) in [5.74, 6) is 0.853. The molecule has 11 rings (SSSR count). The number of ether oxygens (including phenoxy) is 1. The second kappa shape index (κ2) is 21.9. The van der Waals surface area contributed by atoms with Gasteiger partial charge >= 0.3 is 0 Å². The van der Waals surface area contributed by atoms with Gasteiger partial charge in [-0.05, 0) is 134 Å². The average molecular weight is 1010 g/mol. The third-order valence-corrected chi connectivity index (χ3v) is 14.2. The summed E-state index contributed by atoms with van der Waals surface area (Å²) >= 11 is 6.15. The van der Waals surface area contributed by atoms with E-state index >= 15 is 0 Å². The number of anilines is 1. The van der Waals surface area contributed by atoms with Gasteiger partial charge < -0.3 is 25.3 Å². The predicted octanol–water partition coefficient (Wildman–Crippen LogP) is 11.2. The third kappa shape index (κ3) is 10.9. The maximum absolute atomic E-state index is 12.7. The van der Waals surface area contributed by atoms with Crippen LogP contribution in [0.25, 0.3) is 89.6 Å². The van der Waals surface area contributed by atoms with E-state index in [0.717, 1.165) is 157 Å². The molecular weight excluding hydrogens is 952 g/mol. The summed E-state index contributed by atoms with van der Waals surface area (Å²) in [7, 11) is 6.11. The van der Waals surface area contributed by atoms with E-state index in [1.165, 1.54) is 0 Å². The van der Waals surface area contributed by atoms with Crippen LogP contribution in [-0.2, 0) is 38.8 Å². The molecule has 1 amide bonds. The van der Waals surface area contributed by atoms with Crippen LogP contribution in [0, 0.1) is 0 Å². The number of nitrogens with zero attached hydrogens (tertiary/aromatic N) is 6. The number of carbonyl (C=O) groups is 1. The summed E-state index contributed by atoms with van der Waals surface area (Å²) in [6, 6.07) is 37.7. The van der Waals surface area contributed by atoms with Gasteiger partial charge in [0, 0.05) is 123 Å². The van der Waals surface area contributed by atoms with E-state index in [4.69, 9.17) is 26.3 Å². The summed E-state index contributed by atoms with van der Waals surface area (Å²) in [6.45, 7) is 1.97. The molecule has 2 aromatic carbocycles. The van der Waals surface area contributed by atoms with Gasteiger partial charge in [-0.1, -0.05) is 23.7 Å². The molecule has 75 heavy (non-hydrogen) atoms. The Morgan fingerprint density at radius 1 is 0.587 bits per heavy atom. The zero-order valence-corrected chi connectivity index (χ0v) is 43.3. The number of aromatic nitrogens is 8. The van der Waals surface area contributed by atoms with Gasteiger partial charge in [0.1, 0.15) is 26.9 Å². The van der Waals surface area contributed by atoms with Gasteiger partial charge in [0.25, 0.3) is 0 Å². The Bertz CT molecular complexity index is 3750. The molecule has 4 N–H and O–H groups in total. The van der Waals surface area contributed by atoms with E-state index in [0.29, 0.717) is 24.6 Å². The van der Waals surface area contributed by atoms with E-state index in [1.54, 1.807) is 6.20 Å². The highest BCUT2D eigenvalue weighted by atomic mass is 35.5. The first-order valence-corrected chi connectivity index (χ1v) is 26.2. The van der Waals surface area contributed by atoms with E-state index in [1.807, 2.05) is 62.1 Å². The van der Waals surface area contributed by atoms with Gasteiger partial charge in [-0.3, -0.25) is 14.8 Å². The monoisotopic (exact) mass is 1010 g/mol. The second-order valence-corrected chi connectivity index (χ2v) is 19.8. The highest BCUT2D eigenvalue weighted by Gasteiger charge is 2.22. The number of halogens is 1. The van der Waals surface area contributed by atoms with Crippen molar-refractivity contribution in [1.82, 2.24) is 30.2 Å². The number of nitrogens with one attached hydrogen (secondary N) is 4. The number of rotatable bonds is 16. The van der Waals surface area contributed by atoms with Gasteiger partial charge in [-0.2, -0.15) is 0 Å². The molecule has 0 spiro atoms. The first kappa shape index (κ1) is 48.8. The first-order valence-electron chi connectivity index (χ1n) is 25.8. The van der Waals surface area contributed by atoms with Crippen molar-refractivity contribution in [2.75, 3.05) is 25.0 Å². The molecule has 8 bridgehead atoms. The van der Waals surface area contributed by atoms with Crippen LogP contribution < -0.4 is 29.1 Å². The highest BCUT2D eigenvalue weighted by Crippen LogP contribution is 2.38. The van der Waals surface area contributed by atoms with Crippen LogP contribution in [0.5, 0.6) is 5.75 Å². The molecule has 0 aliphatic carbocycles. The summed E-state index contributed by atoms with van der Waals surface area (Å²) in [5, 5.41) is 8.30. The Morgan fingerprint density at radius 2 is 1.11 bits per heavy atom. The van der Waals surface area contributed by atoms with Gasteiger partial charge in [-0.15, -0.1) is 0 Å². The van der Waals surface area contributed by atoms with Gasteiger partial charge in [0.2, 0.25) is 5.91 Å². The number of hydrogen-bond acceptors (Lipinski definition) is 6. The molecule has 0 saturated heterocycles. The van der Waals surface area contributed by atoms with Crippen molar-refractivity contribution < 1.29 is 23.2 Å². The van der Waals surface area contributed by atoms with Crippen molar-refractivity contribution in [3.8, 4) is 50.3 Å². The molecule has 12 nitrogen and oxygen atoms in total. The van der Waals surface area contributed by atoms with E-state index < -0.39 is 0 Å². The summed E-state index contributed by atoms with van der Waals surface area (Å²) in [5.41, 5.74) is 18.0. The van der Waals surface area contributed by atoms with Crippen molar-refractivity contribution >= 4 is 68.3 Å². The summed E-state index contributed by atoms with van der Waals surface area (Å²) in [6.07, 6.45) is 23.9. The molecule has 0 atom stereocenters. The SMILES string of the molecule is C[n+]1ccc(-c2c3nc(c(-c4cc[n+](C)cc4)c4ccc([nH]4)c(-c4cc[n+](C)cc4)c4nc(c(-c5ccc(OCCCCC(=O)NCCCCNc6ccnc7cc(Cl)ccc67)cc5)c5ccc2[nH]5)CC4)C=C3)cc1. The average Bonchev–Trinajstić information content (AvgIpc) is 4.28. The fourth-order valence-electron chi connectivity index (χ4n) is 10.1. The minimum absolute atomic E-state index is 0.0713. The topological polar surface area (TPSA) is 132 Å². The molecular formula is C62H60ClN10O2+3. The van der Waals surface area contributed by atoms with Crippen LogP contribution in [0.3, 0.4) is 0 Å². The van der Waals surface area contributed by atoms with Crippen molar-refractivity contribution in [3.63, 3.8) is 0 Å². The minimum Gasteiger partial charge on any atom is -0.494 e. The van der Waals surface area contributed by atoms with Gasteiger partial charge in [0.15, 0.2) is 37.2 Å². The lowest BCUT2D eigenvalue weighted by atomic mass is 10.0. The third-order valence-electron chi connectivity index (χ3n) is 14.0. The molecule has 13 heteroatoms. The van der Waals surface area contributed by atoms with Crippen LogP contribution in [0.4, 0.5) is 5.69 Å². The van der Waals surface area contributed by atoms with Gasteiger partial charge in [-0.25, -0.2) is 18.7 Å². The number of fused-ring (bicyclic) bond motifs is 9. The lowest BCUT2D eigenvalue weighted by Gasteiger charge is -2.10. The van der Waals surface area contributed by atoms with Crippen molar-refractivity contribution in [1.29, 1.82) is 0 Å². The fraction of sp³-hybridized carbons (Fsp3) is 0.210. The number of amides is 1. The minimum atomic E-state index is 0.0713.